The first-order valence-electron chi connectivity index (χ1n) is 7.41. The molecule has 0 aliphatic heterocycles. The van der Waals surface area contributed by atoms with E-state index < -0.39 is 35.3 Å². The molecule has 1 aromatic carbocycles. The lowest BCUT2D eigenvalue weighted by Crippen LogP contribution is -2.48. The number of likely N-dealkylation sites (N-methyl/N-ethyl adjacent to an activating group) is 1. The van der Waals surface area contributed by atoms with E-state index in [1.165, 1.54) is 14.2 Å². The molecule has 2 amide bonds. The highest BCUT2D eigenvalue weighted by Crippen LogP contribution is 2.30. The number of rotatable bonds is 5. The summed E-state index contributed by atoms with van der Waals surface area (Å²) in [5, 5.41) is 4.74. The average molecular weight is 470 g/mol. The molecule has 0 aliphatic carbocycles. The number of carbonyl (C=O) groups excluding carboxylic acids is 2. The number of nitrogens with one attached hydrogen (secondary N) is 2. The minimum Gasteiger partial charge on any atom is -0.493 e. The van der Waals surface area contributed by atoms with Crippen molar-refractivity contribution in [2.24, 2.45) is 0 Å². The summed E-state index contributed by atoms with van der Waals surface area (Å²) in [5.41, 5.74) is -0.911. The molecule has 0 unspecified atom stereocenters. The Kier molecular flexibility index (Phi) is 7.39. The molecular formula is C16H21F2IN2O4. The van der Waals surface area contributed by atoms with Gasteiger partial charge >= 0.3 is 6.09 Å². The highest BCUT2D eigenvalue weighted by molar-refractivity contribution is 14.1. The summed E-state index contributed by atoms with van der Waals surface area (Å²) in [6.45, 7) is 5.00. The van der Waals surface area contributed by atoms with Gasteiger partial charge in [-0.1, -0.05) is 0 Å². The molecule has 2 N–H and O–H groups in total. The van der Waals surface area contributed by atoms with Crippen LogP contribution in [0.1, 0.15) is 26.3 Å². The zero-order chi connectivity index (χ0) is 19.4. The minimum atomic E-state index is -1.17. The van der Waals surface area contributed by atoms with E-state index in [1.54, 1.807) is 43.4 Å². The Balaban J connectivity index is 3.16. The number of hydrogen-bond donors (Lipinski definition) is 2. The van der Waals surface area contributed by atoms with Gasteiger partial charge in [0.15, 0.2) is 11.6 Å². The first-order valence-corrected chi connectivity index (χ1v) is 8.49. The van der Waals surface area contributed by atoms with Gasteiger partial charge in [-0.05, 0) is 49.4 Å². The highest BCUT2D eigenvalue weighted by Gasteiger charge is 2.28. The van der Waals surface area contributed by atoms with Gasteiger partial charge in [0.25, 0.3) is 0 Å². The maximum absolute atomic E-state index is 14.4. The van der Waals surface area contributed by atoms with E-state index in [2.05, 4.69) is 10.6 Å². The number of alkyl carbamates (subject to hydrolysis) is 1. The summed E-state index contributed by atoms with van der Waals surface area (Å²) >= 11 is 1.64. The number of carbonyl (C=O) groups is 2. The normalized spacial score (nSPS) is 12.3. The SMILES string of the molecule is CNC(=O)[C@H](Cc1c(F)c(I)cc(F)c1OC)NC(=O)OC(C)(C)C. The van der Waals surface area contributed by atoms with E-state index in [-0.39, 0.29) is 21.3 Å². The van der Waals surface area contributed by atoms with Crippen LogP contribution in [-0.2, 0) is 16.0 Å². The smallest absolute Gasteiger partial charge is 0.408 e. The van der Waals surface area contributed by atoms with E-state index in [4.69, 9.17) is 9.47 Å². The number of ether oxygens (including phenoxy) is 2. The summed E-state index contributed by atoms with van der Waals surface area (Å²) in [4.78, 5) is 24.0. The monoisotopic (exact) mass is 470 g/mol. The van der Waals surface area contributed by atoms with Gasteiger partial charge in [-0.2, -0.15) is 0 Å². The minimum absolute atomic E-state index is 0.0406. The topological polar surface area (TPSA) is 76.7 Å². The van der Waals surface area contributed by atoms with Crippen molar-refractivity contribution in [2.75, 3.05) is 14.2 Å². The molecule has 1 aromatic rings. The Labute approximate surface area is 158 Å². The van der Waals surface area contributed by atoms with Gasteiger partial charge in [0.05, 0.1) is 10.7 Å². The molecule has 0 aromatic heterocycles. The fourth-order valence-electron chi connectivity index (χ4n) is 2.07. The van der Waals surface area contributed by atoms with Gasteiger partial charge in [-0.25, -0.2) is 13.6 Å². The van der Waals surface area contributed by atoms with Crippen LogP contribution in [0, 0.1) is 15.2 Å². The van der Waals surface area contributed by atoms with Gasteiger partial charge in [0, 0.05) is 19.0 Å². The van der Waals surface area contributed by atoms with Crippen molar-refractivity contribution in [3.05, 3.63) is 26.8 Å². The maximum atomic E-state index is 14.4. The molecule has 0 aliphatic rings. The molecule has 0 saturated heterocycles. The Morgan fingerprint density at radius 1 is 1.32 bits per heavy atom. The maximum Gasteiger partial charge on any atom is 0.408 e. The quantitative estimate of drug-likeness (QED) is 0.513. The Morgan fingerprint density at radius 3 is 2.40 bits per heavy atom. The van der Waals surface area contributed by atoms with Crippen LogP contribution in [0.3, 0.4) is 0 Å². The molecular weight excluding hydrogens is 449 g/mol. The van der Waals surface area contributed by atoms with Gasteiger partial charge in [-0.15, -0.1) is 0 Å². The molecule has 25 heavy (non-hydrogen) atoms. The summed E-state index contributed by atoms with van der Waals surface area (Å²) < 4.78 is 38.5. The van der Waals surface area contributed by atoms with Crippen LogP contribution in [0.4, 0.5) is 13.6 Å². The second-order valence-corrected chi connectivity index (χ2v) is 7.35. The molecule has 0 saturated carbocycles. The first kappa shape index (κ1) is 21.4. The number of methoxy groups -OCH3 is 1. The lowest BCUT2D eigenvalue weighted by molar-refractivity contribution is -0.122. The molecule has 1 rings (SSSR count). The molecule has 0 spiro atoms. The van der Waals surface area contributed by atoms with Crippen molar-refractivity contribution < 1.29 is 27.8 Å². The Hall–Kier alpha value is -1.65. The molecule has 9 heteroatoms. The van der Waals surface area contributed by atoms with Crippen LogP contribution in [-0.4, -0.2) is 37.8 Å². The highest BCUT2D eigenvalue weighted by atomic mass is 127. The van der Waals surface area contributed by atoms with Crippen molar-refractivity contribution in [2.45, 2.75) is 38.8 Å². The predicted octanol–water partition coefficient (Wildman–Crippen LogP) is 2.76. The number of halogens is 3. The summed E-state index contributed by atoms with van der Waals surface area (Å²) in [7, 11) is 2.57. The first-order chi connectivity index (χ1) is 11.5. The average Bonchev–Trinajstić information content (AvgIpc) is 2.49. The Morgan fingerprint density at radius 2 is 1.92 bits per heavy atom. The van der Waals surface area contributed by atoms with Crippen LogP contribution in [0.5, 0.6) is 5.75 Å². The fourth-order valence-corrected chi connectivity index (χ4v) is 2.67. The Bertz CT molecular complexity index is 663. The van der Waals surface area contributed by atoms with E-state index >= 15 is 0 Å². The molecule has 140 valence electrons. The van der Waals surface area contributed by atoms with Crippen molar-refractivity contribution in [3.8, 4) is 5.75 Å². The summed E-state index contributed by atoms with van der Waals surface area (Å²) in [5.74, 6) is -2.35. The van der Waals surface area contributed by atoms with Crippen molar-refractivity contribution in [3.63, 3.8) is 0 Å². The third-order valence-electron chi connectivity index (χ3n) is 3.09. The van der Waals surface area contributed by atoms with Crippen molar-refractivity contribution >= 4 is 34.6 Å². The van der Waals surface area contributed by atoms with Crippen molar-refractivity contribution in [1.29, 1.82) is 0 Å². The van der Waals surface area contributed by atoms with Gasteiger partial charge < -0.3 is 20.1 Å². The second kappa shape index (κ2) is 8.63. The molecule has 6 nitrogen and oxygen atoms in total. The van der Waals surface area contributed by atoms with E-state index in [0.29, 0.717) is 0 Å². The third-order valence-corrected chi connectivity index (χ3v) is 3.87. The van der Waals surface area contributed by atoms with Gasteiger partial charge in [-0.3, -0.25) is 4.79 Å². The molecule has 0 fully saturated rings. The van der Waals surface area contributed by atoms with Crippen LogP contribution < -0.4 is 15.4 Å². The fraction of sp³-hybridized carbons (Fsp3) is 0.500. The molecule has 0 heterocycles. The molecule has 1 atom stereocenters. The second-order valence-electron chi connectivity index (χ2n) is 6.18. The van der Waals surface area contributed by atoms with Crippen LogP contribution in [0.15, 0.2) is 6.07 Å². The zero-order valence-corrected chi connectivity index (χ0v) is 16.8. The summed E-state index contributed by atoms with van der Waals surface area (Å²) in [6.07, 6.45) is -1.15. The largest absolute Gasteiger partial charge is 0.493 e. The van der Waals surface area contributed by atoms with Crippen LogP contribution in [0.2, 0.25) is 0 Å². The van der Waals surface area contributed by atoms with Gasteiger partial charge in [0.1, 0.15) is 17.5 Å². The third kappa shape index (κ3) is 5.98. The lowest BCUT2D eigenvalue weighted by atomic mass is 10.0. The molecule has 0 radical (unpaired) electrons. The lowest BCUT2D eigenvalue weighted by Gasteiger charge is -2.23. The number of hydrogen-bond acceptors (Lipinski definition) is 4. The standard InChI is InChI=1S/C16H21F2IN2O4/c1-16(2,3)25-15(23)21-11(14(22)20-4)6-8-12(18)10(19)7-9(17)13(8)24-5/h7,11H,6H2,1-5H3,(H,20,22)(H,21,23)/t11-/m0/s1. The van der Waals surface area contributed by atoms with Crippen LogP contribution in [0.25, 0.3) is 0 Å². The van der Waals surface area contributed by atoms with Gasteiger partial charge in [0.2, 0.25) is 5.91 Å². The predicted molar refractivity (Wildman–Crippen MR) is 96.6 cm³/mol. The summed E-state index contributed by atoms with van der Waals surface area (Å²) in [6, 6.07) is -0.171. The molecule has 0 bridgehead atoms. The van der Waals surface area contributed by atoms with E-state index in [9.17, 15) is 18.4 Å². The van der Waals surface area contributed by atoms with E-state index in [0.717, 1.165) is 6.07 Å². The van der Waals surface area contributed by atoms with Crippen molar-refractivity contribution in [1.82, 2.24) is 10.6 Å². The number of benzene rings is 1. The zero-order valence-electron chi connectivity index (χ0n) is 14.6. The van der Waals surface area contributed by atoms with E-state index in [1.807, 2.05) is 0 Å². The number of amides is 2. The van der Waals surface area contributed by atoms with Crippen LogP contribution >= 0.6 is 22.6 Å².